The summed E-state index contributed by atoms with van der Waals surface area (Å²) in [7, 11) is -10.8. The molecule has 69 heavy (non-hydrogen) atoms. The lowest BCUT2D eigenvalue weighted by Crippen LogP contribution is -2.36. The van der Waals surface area contributed by atoms with E-state index in [-0.39, 0.29) is 18.7 Å². The number of hydrogen-bond acceptors (Lipinski definition) is 15. The number of ether oxygens (including phenoxy) is 3. The van der Waals surface area contributed by atoms with E-state index in [1.807, 2.05) is 0 Å². The van der Waals surface area contributed by atoms with Crippen LogP contribution in [0.25, 0.3) is 0 Å². The zero-order chi connectivity index (χ0) is 50.9. The summed E-state index contributed by atoms with van der Waals surface area (Å²) in [6.07, 6.45) is 24.9. The number of nitrogens with two attached hydrogens (primary N) is 1. The van der Waals surface area contributed by atoms with Crippen molar-refractivity contribution < 1.29 is 66.3 Å². The van der Waals surface area contributed by atoms with Gasteiger partial charge in [-0.3, -0.25) is 23.2 Å². The number of esters is 2. The molecule has 20 heteroatoms. The number of hydrogen-bond donors (Lipinski definition) is 5. The number of phosphoric acid groups is 2. The highest BCUT2D eigenvalue weighted by Crippen LogP contribution is 2.60. The summed E-state index contributed by atoms with van der Waals surface area (Å²) < 4.78 is 56.8. The van der Waals surface area contributed by atoms with Crippen LogP contribution >= 0.6 is 15.6 Å². The number of nitrogen functional groups attached to an aromatic ring is 1. The van der Waals surface area contributed by atoms with E-state index in [1.54, 1.807) is 0 Å². The number of nitrogens with zero attached hydrogens (tertiary/aromatic N) is 2. The standard InChI is InChI=1S/C49H91N3O15P2/c1-39(2)30-26-22-18-14-11-9-7-5-6-8-10-12-16-21-25-29-33-45(54)65-41(36-62-44(53)32-28-24-20-17-13-15-19-23-27-31-40(3)4)37-63-68(58,59)67-69(60,61)64-38-42-46(55)47(56)48(66-42)52-35-34-43(50)51-49(52)57/h34-35,39-42,46-48,55-56H,5-33,36-38H2,1-4H3,(H,58,59)(H,60,61)(H2,50,51,57)/t41-,42-,46+,47?,48-/m1/s1. The Kier molecular flexibility index (Phi) is 33.4. The van der Waals surface area contributed by atoms with E-state index in [4.69, 9.17) is 29.0 Å². The van der Waals surface area contributed by atoms with E-state index in [2.05, 4.69) is 37.0 Å². The molecule has 2 rings (SSSR count). The third-order valence-corrected chi connectivity index (χ3v) is 14.9. The lowest BCUT2D eigenvalue weighted by Gasteiger charge is -2.21. The molecule has 6 N–H and O–H groups in total. The maximum atomic E-state index is 12.9. The van der Waals surface area contributed by atoms with Crippen molar-refractivity contribution in [1.29, 1.82) is 0 Å². The monoisotopic (exact) mass is 1020 g/mol. The molecule has 1 aliphatic rings. The van der Waals surface area contributed by atoms with Crippen LogP contribution in [0.4, 0.5) is 5.82 Å². The molecule has 1 aromatic rings. The Balaban J connectivity index is 1.77. The number of anilines is 1. The summed E-state index contributed by atoms with van der Waals surface area (Å²) in [5, 5.41) is 20.9. The minimum Gasteiger partial charge on any atom is -0.462 e. The Morgan fingerprint density at radius 3 is 1.52 bits per heavy atom. The first-order valence-corrected chi connectivity index (χ1v) is 29.3. The number of aromatic nitrogens is 2. The lowest BCUT2D eigenvalue weighted by molar-refractivity contribution is -0.161. The predicted molar refractivity (Wildman–Crippen MR) is 266 cm³/mol. The molecule has 3 unspecified atom stereocenters. The molecule has 1 saturated heterocycles. The van der Waals surface area contributed by atoms with Crippen LogP contribution in [-0.2, 0) is 46.3 Å². The fourth-order valence-electron chi connectivity index (χ4n) is 8.21. The van der Waals surface area contributed by atoms with E-state index >= 15 is 0 Å². The van der Waals surface area contributed by atoms with Gasteiger partial charge in [-0.2, -0.15) is 9.29 Å². The number of phosphoric ester groups is 2. The van der Waals surface area contributed by atoms with Gasteiger partial charge in [0.1, 0.15) is 30.7 Å². The molecule has 0 amide bonds. The average molecular weight is 1020 g/mol. The Labute approximate surface area is 412 Å². The number of rotatable bonds is 43. The molecule has 402 valence electrons. The second-order valence-electron chi connectivity index (χ2n) is 19.7. The largest absolute Gasteiger partial charge is 0.481 e. The summed E-state index contributed by atoms with van der Waals surface area (Å²) in [6, 6.07) is 1.25. The van der Waals surface area contributed by atoms with Gasteiger partial charge >= 0.3 is 33.3 Å². The molecule has 0 spiro atoms. The molecule has 0 radical (unpaired) electrons. The molecule has 0 aliphatic carbocycles. The Morgan fingerprint density at radius 1 is 0.652 bits per heavy atom. The fraction of sp³-hybridized carbons (Fsp3) is 0.878. The van der Waals surface area contributed by atoms with Crippen LogP contribution in [0.2, 0.25) is 0 Å². The summed E-state index contributed by atoms with van der Waals surface area (Å²) >= 11 is 0. The van der Waals surface area contributed by atoms with Gasteiger partial charge in [0.15, 0.2) is 12.3 Å². The van der Waals surface area contributed by atoms with Gasteiger partial charge in [-0.15, -0.1) is 0 Å². The molecule has 1 aliphatic heterocycles. The van der Waals surface area contributed by atoms with Crippen LogP contribution in [0.5, 0.6) is 0 Å². The van der Waals surface area contributed by atoms with Crippen molar-refractivity contribution in [2.45, 2.75) is 245 Å². The quantitative estimate of drug-likeness (QED) is 0.0231. The topological polar surface area (TPSA) is 265 Å². The Morgan fingerprint density at radius 2 is 1.07 bits per heavy atom. The van der Waals surface area contributed by atoms with E-state index in [0.717, 1.165) is 67.8 Å². The third-order valence-electron chi connectivity index (χ3n) is 12.3. The van der Waals surface area contributed by atoms with Crippen molar-refractivity contribution >= 4 is 33.4 Å². The van der Waals surface area contributed by atoms with E-state index in [0.29, 0.717) is 12.8 Å². The van der Waals surface area contributed by atoms with E-state index < -0.39 is 83.7 Å². The number of unbranched alkanes of at least 4 members (excludes halogenated alkanes) is 23. The zero-order valence-electron chi connectivity index (χ0n) is 42.5. The molecule has 18 nitrogen and oxygen atoms in total. The average Bonchev–Trinajstić information content (AvgIpc) is 3.56. The first kappa shape index (κ1) is 62.9. The highest BCUT2D eigenvalue weighted by atomic mass is 31.3. The highest BCUT2D eigenvalue weighted by Gasteiger charge is 2.46. The lowest BCUT2D eigenvalue weighted by atomic mass is 10.0. The van der Waals surface area contributed by atoms with Gasteiger partial charge < -0.3 is 39.9 Å². The summed E-state index contributed by atoms with van der Waals surface area (Å²) in [5.41, 5.74) is 4.59. The van der Waals surface area contributed by atoms with Crippen LogP contribution < -0.4 is 11.4 Å². The first-order valence-electron chi connectivity index (χ1n) is 26.3. The van der Waals surface area contributed by atoms with Crippen LogP contribution in [0.15, 0.2) is 17.1 Å². The zero-order valence-corrected chi connectivity index (χ0v) is 44.3. The van der Waals surface area contributed by atoms with Crippen molar-refractivity contribution in [3.8, 4) is 0 Å². The Hall–Kier alpha value is -2.24. The highest BCUT2D eigenvalue weighted by molar-refractivity contribution is 7.61. The van der Waals surface area contributed by atoms with Gasteiger partial charge in [0, 0.05) is 19.0 Å². The SMILES string of the molecule is CC(C)CCCCCCCCCCCCCCCCCCC(=O)O[C@H](COC(=O)CCCCCCCCCCCC(C)C)COP(=O)(O)OP(=O)(O)OC[C@H]1O[C@@H](n2ccc(N)nc2=O)C(O)[C@H]1O. The Bertz CT molecular complexity index is 1680. The molecule has 1 aromatic heterocycles. The van der Waals surface area contributed by atoms with Gasteiger partial charge in [-0.25, -0.2) is 13.9 Å². The van der Waals surface area contributed by atoms with Gasteiger partial charge in [-0.05, 0) is 30.7 Å². The molecule has 1 fully saturated rings. The first-order chi connectivity index (χ1) is 32.9. The van der Waals surface area contributed by atoms with Gasteiger partial charge in [0.2, 0.25) is 0 Å². The third kappa shape index (κ3) is 31.1. The van der Waals surface area contributed by atoms with Crippen molar-refractivity contribution in [2.75, 3.05) is 25.6 Å². The molecule has 0 aromatic carbocycles. The number of carbonyl (C=O) groups is 2. The van der Waals surface area contributed by atoms with Crippen molar-refractivity contribution in [2.24, 2.45) is 11.8 Å². The molecular formula is C49H91N3O15P2. The minimum absolute atomic E-state index is 0.0570. The summed E-state index contributed by atoms with van der Waals surface area (Å²) in [5.74, 6) is 0.270. The molecular weight excluding hydrogens is 932 g/mol. The second kappa shape index (κ2) is 36.6. The van der Waals surface area contributed by atoms with Crippen molar-refractivity contribution in [1.82, 2.24) is 9.55 Å². The van der Waals surface area contributed by atoms with Gasteiger partial charge in [0.05, 0.1) is 13.2 Å². The predicted octanol–water partition coefficient (Wildman–Crippen LogP) is 10.8. The number of aliphatic hydroxyl groups excluding tert-OH is 2. The van der Waals surface area contributed by atoms with Crippen LogP contribution in [0.3, 0.4) is 0 Å². The van der Waals surface area contributed by atoms with E-state index in [1.165, 1.54) is 121 Å². The molecule has 0 saturated carbocycles. The normalized spacial score (nSPS) is 19.4. The maximum absolute atomic E-state index is 12.9. The fourth-order valence-corrected chi connectivity index (χ4v) is 10.3. The van der Waals surface area contributed by atoms with Crippen molar-refractivity contribution in [3.63, 3.8) is 0 Å². The summed E-state index contributed by atoms with van der Waals surface area (Å²) in [6.45, 7) is 6.79. The number of carbonyl (C=O) groups excluding carboxylic acids is 2. The van der Waals surface area contributed by atoms with Gasteiger partial charge in [0.25, 0.3) is 0 Å². The smallest absolute Gasteiger partial charge is 0.462 e. The maximum Gasteiger partial charge on any atom is 0.481 e. The van der Waals surface area contributed by atoms with E-state index in [9.17, 15) is 43.5 Å². The number of aliphatic hydroxyl groups is 2. The summed E-state index contributed by atoms with van der Waals surface area (Å²) in [4.78, 5) is 61.9. The minimum atomic E-state index is -5.42. The van der Waals surface area contributed by atoms with Gasteiger partial charge in [-0.1, -0.05) is 188 Å². The van der Waals surface area contributed by atoms with Crippen LogP contribution in [-0.4, -0.2) is 85.7 Å². The molecule has 0 bridgehead atoms. The molecule has 2 heterocycles. The van der Waals surface area contributed by atoms with Crippen LogP contribution in [0.1, 0.15) is 220 Å². The van der Waals surface area contributed by atoms with Crippen molar-refractivity contribution in [3.05, 3.63) is 22.7 Å². The van der Waals surface area contributed by atoms with Crippen LogP contribution in [0, 0.1) is 11.8 Å². The second-order valence-corrected chi connectivity index (χ2v) is 22.7. The molecule has 7 atom stereocenters.